The second-order valence-electron chi connectivity index (χ2n) is 5.63. The number of nitrogens with one attached hydrogen (secondary N) is 1. The van der Waals surface area contributed by atoms with Crippen LogP contribution in [0.1, 0.15) is 18.4 Å². The van der Waals surface area contributed by atoms with Gasteiger partial charge in [0.15, 0.2) is 0 Å². The topological polar surface area (TPSA) is 122 Å². The maximum atomic E-state index is 12.2. The smallest absolute Gasteiger partial charge is 0.327 e. The lowest BCUT2D eigenvalue weighted by molar-refractivity contribution is -0.171. The SMILES string of the molecule is CN(CNC(=O)ON1C(=O)CCC1=O)C(=O)[C@@H](N)Cc1ccccc1. The Morgan fingerprint density at radius 3 is 2.44 bits per heavy atom. The average molecular weight is 348 g/mol. The number of imide groups is 1. The maximum Gasteiger partial charge on any atom is 0.433 e. The average Bonchev–Trinajstić information content (AvgIpc) is 2.91. The minimum Gasteiger partial charge on any atom is -0.327 e. The van der Waals surface area contributed by atoms with E-state index in [1.54, 1.807) is 0 Å². The molecule has 0 aromatic heterocycles. The van der Waals surface area contributed by atoms with E-state index in [0.29, 0.717) is 11.5 Å². The van der Waals surface area contributed by atoms with Crippen LogP contribution in [0, 0.1) is 0 Å². The quantitative estimate of drug-likeness (QED) is 0.540. The highest BCUT2D eigenvalue weighted by Crippen LogP contribution is 2.11. The summed E-state index contributed by atoms with van der Waals surface area (Å²) in [4.78, 5) is 52.4. The maximum absolute atomic E-state index is 12.2. The number of benzene rings is 1. The summed E-state index contributed by atoms with van der Waals surface area (Å²) in [7, 11) is 1.47. The van der Waals surface area contributed by atoms with Crippen molar-refractivity contribution in [3.8, 4) is 0 Å². The summed E-state index contributed by atoms with van der Waals surface area (Å²) >= 11 is 0. The lowest BCUT2D eigenvalue weighted by Crippen LogP contribution is -2.48. The highest BCUT2D eigenvalue weighted by molar-refractivity contribution is 6.01. The number of rotatable bonds is 6. The van der Waals surface area contributed by atoms with Gasteiger partial charge in [0.25, 0.3) is 11.8 Å². The highest BCUT2D eigenvalue weighted by Gasteiger charge is 2.33. The minimum atomic E-state index is -1.00. The number of nitrogens with zero attached hydrogens (tertiary/aromatic N) is 2. The summed E-state index contributed by atoms with van der Waals surface area (Å²) in [5, 5.41) is 2.72. The van der Waals surface area contributed by atoms with Gasteiger partial charge >= 0.3 is 6.09 Å². The van der Waals surface area contributed by atoms with Crippen molar-refractivity contribution in [3.05, 3.63) is 35.9 Å². The van der Waals surface area contributed by atoms with Crippen molar-refractivity contribution in [2.75, 3.05) is 13.7 Å². The largest absolute Gasteiger partial charge is 0.433 e. The van der Waals surface area contributed by atoms with Gasteiger partial charge in [-0.05, 0) is 12.0 Å². The van der Waals surface area contributed by atoms with Gasteiger partial charge in [0.2, 0.25) is 5.91 Å². The number of amides is 4. The first-order valence-corrected chi connectivity index (χ1v) is 7.74. The predicted molar refractivity (Wildman–Crippen MR) is 86.5 cm³/mol. The van der Waals surface area contributed by atoms with E-state index in [2.05, 4.69) is 10.2 Å². The number of nitrogens with two attached hydrogens (primary N) is 1. The lowest BCUT2D eigenvalue weighted by atomic mass is 10.1. The molecule has 1 saturated heterocycles. The molecule has 0 saturated carbocycles. The van der Waals surface area contributed by atoms with Crippen LogP contribution in [0.5, 0.6) is 0 Å². The van der Waals surface area contributed by atoms with E-state index in [9.17, 15) is 19.2 Å². The van der Waals surface area contributed by atoms with Crippen LogP contribution in [0.2, 0.25) is 0 Å². The number of hydrogen-bond donors (Lipinski definition) is 2. The summed E-state index contributed by atoms with van der Waals surface area (Å²) in [6.07, 6.45) is -0.608. The van der Waals surface area contributed by atoms with Gasteiger partial charge in [-0.25, -0.2) is 4.79 Å². The summed E-state index contributed by atoms with van der Waals surface area (Å²) < 4.78 is 0. The van der Waals surface area contributed by atoms with E-state index in [4.69, 9.17) is 5.73 Å². The Morgan fingerprint density at radius 2 is 1.84 bits per heavy atom. The van der Waals surface area contributed by atoms with Crippen molar-refractivity contribution in [2.45, 2.75) is 25.3 Å². The summed E-state index contributed by atoms with van der Waals surface area (Å²) in [6.45, 7) is -0.170. The Labute approximate surface area is 144 Å². The molecule has 9 heteroatoms. The van der Waals surface area contributed by atoms with Crippen molar-refractivity contribution < 1.29 is 24.0 Å². The van der Waals surface area contributed by atoms with Gasteiger partial charge < -0.3 is 20.8 Å². The molecule has 1 aliphatic rings. The summed E-state index contributed by atoms with van der Waals surface area (Å²) in [5.41, 5.74) is 6.82. The predicted octanol–water partition coefficient (Wildman–Crippen LogP) is -0.237. The van der Waals surface area contributed by atoms with E-state index in [1.165, 1.54) is 11.9 Å². The van der Waals surface area contributed by atoms with Crippen molar-refractivity contribution in [1.29, 1.82) is 0 Å². The molecular weight excluding hydrogens is 328 g/mol. The molecule has 2 rings (SSSR count). The number of hydrogen-bond acceptors (Lipinski definition) is 6. The van der Waals surface area contributed by atoms with Crippen LogP contribution in [0.25, 0.3) is 0 Å². The highest BCUT2D eigenvalue weighted by atomic mass is 16.7. The number of likely N-dealkylation sites (N-methyl/N-ethyl adjacent to an activating group) is 1. The van der Waals surface area contributed by atoms with Gasteiger partial charge in [-0.2, -0.15) is 0 Å². The van der Waals surface area contributed by atoms with Gasteiger partial charge in [0, 0.05) is 19.9 Å². The third-order valence-corrected chi connectivity index (χ3v) is 3.63. The molecule has 1 aromatic rings. The molecule has 0 radical (unpaired) electrons. The molecule has 9 nitrogen and oxygen atoms in total. The monoisotopic (exact) mass is 348 g/mol. The van der Waals surface area contributed by atoms with Gasteiger partial charge in [0.05, 0.1) is 12.7 Å². The van der Waals surface area contributed by atoms with Crippen molar-refractivity contribution in [1.82, 2.24) is 15.3 Å². The van der Waals surface area contributed by atoms with E-state index < -0.39 is 23.9 Å². The van der Waals surface area contributed by atoms with Crippen LogP contribution in [0.15, 0.2) is 30.3 Å². The second-order valence-corrected chi connectivity index (χ2v) is 5.63. The molecule has 25 heavy (non-hydrogen) atoms. The standard InChI is InChI=1S/C16H20N4O5/c1-19(15(23)12(17)9-11-5-3-2-4-6-11)10-18-16(24)25-20-13(21)7-8-14(20)22/h2-6,12H,7-10,17H2,1H3,(H,18,24)/t12-/m0/s1. The van der Waals surface area contributed by atoms with Crippen LogP contribution in [0.3, 0.4) is 0 Å². The molecule has 3 N–H and O–H groups in total. The second kappa shape index (κ2) is 8.25. The molecule has 1 fully saturated rings. The van der Waals surface area contributed by atoms with Crippen molar-refractivity contribution in [2.24, 2.45) is 5.73 Å². The zero-order chi connectivity index (χ0) is 18.4. The van der Waals surface area contributed by atoms with Crippen LogP contribution < -0.4 is 11.1 Å². The Morgan fingerprint density at radius 1 is 1.24 bits per heavy atom. The molecule has 0 spiro atoms. The zero-order valence-corrected chi connectivity index (χ0v) is 13.8. The summed E-state index contributed by atoms with van der Waals surface area (Å²) in [5.74, 6) is -1.51. The first-order chi connectivity index (χ1) is 11.9. The molecule has 1 aliphatic heterocycles. The minimum absolute atomic E-state index is 0.0127. The molecule has 1 heterocycles. The van der Waals surface area contributed by atoms with Crippen LogP contribution in [-0.2, 0) is 25.6 Å². The van der Waals surface area contributed by atoms with Crippen molar-refractivity contribution >= 4 is 23.8 Å². The van der Waals surface area contributed by atoms with E-state index in [1.807, 2.05) is 30.3 Å². The van der Waals surface area contributed by atoms with Crippen LogP contribution in [0.4, 0.5) is 4.79 Å². The van der Waals surface area contributed by atoms with E-state index in [-0.39, 0.29) is 25.4 Å². The first-order valence-electron chi connectivity index (χ1n) is 7.74. The molecule has 4 amide bonds. The lowest BCUT2D eigenvalue weighted by Gasteiger charge is -2.22. The Hall–Kier alpha value is -2.94. The molecule has 1 atom stereocenters. The van der Waals surface area contributed by atoms with Crippen molar-refractivity contribution in [3.63, 3.8) is 0 Å². The normalized spacial score (nSPS) is 15.0. The van der Waals surface area contributed by atoms with Crippen LogP contribution >= 0.6 is 0 Å². The van der Waals surface area contributed by atoms with Gasteiger partial charge in [-0.1, -0.05) is 30.3 Å². The Bertz CT molecular complexity index is 648. The molecular formula is C16H20N4O5. The fourth-order valence-corrected chi connectivity index (χ4v) is 2.27. The van der Waals surface area contributed by atoms with Gasteiger partial charge in [-0.15, -0.1) is 5.06 Å². The Balaban J connectivity index is 1.77. The number of hydroxylamine groups is 2. The third kappa shape index (κ3) is 5.01. The van der Waals surface area contributed by atoms with E-state index >= 15 is 0 Å². The molecule has 0 unspecified atom stereocenters. The fourth-order valence-electron chi connectivity index (χ4n) is 2.27. The zero-order valence-electron chi connectivity index (χ0n) is 13.8. The first kappa shape index (κ1) is 18.4. The molecule has 1 aromatic carbocycles. The third-order valence-electron chi connectivity index (χ3n) is 3.63. The summed E-state index contributed by atoms with van der Waals surface area (Å²) in [6, 6.07) is 8.56. The Kier molecular flexibility index (Phi) is 6.07. The molecule has 0 bridgehead atoms. The number of carbonyl (C=O) groups excluding carboxylic acids is 4. The van der Waals surface area contributed by atoms with Gasteiger partial charge in [0.1, 0.15) is 0 Å². The van der Waals surface area contributed by atoms with E-state index in [0.717, 1.165) is 5.56 Å². The molecule has 134 valence electrons. The molecule has 0 aliphatic carbocycles. The van der Waals surface area contributed by atoms with Crippen LogP contribution in [-0.4, -0.2) is 53.5 Å². The fraction of sp³-hybridized carbons (Fsp3) is 0.375. The van der Waals surface area contributed by atoms with Gasteiger partial charge in [-0.3, -0.25) is 14.4 Å². The number of carbonyl (C=O) groups is 4.